The summed E-state index contributed by atoms with van der Waals surface area (Å²) in [5.74, 6) is 0. The molecule has 1 aromatic heterocycles. The predicted octanol–water partition coefficient (Wildman–Crippen LogP) is 1.88. The van der Waals surface area contributed by atoms with E-state index >= 15 is 0 Å². The molecule has 0 saturated carbocycles. The van der Waals surface area contributed by atoms with Gasteiger partial charge in [-0.3, -0.25) is 4.90 Å². The molecule has 0 amide bonds. The first kappa shape index (κ1) is 13.3. The molecular formula is C15H20N4O. The van der Waals surface area contributed by atoms with Crippen molar-refractivity contribution in [2.24, 2.45) is 0 Å². The second kappa shape index (κ2) is 6.15. The number of benzene rings is 1. The van der Waals surface area contributed by atoms with E-state index < -0.39 is 0 Å². The lowest BCUT2D eigenvalue weighted by atomic mass is 10.2. The summed E-state index contributed by atoms with van der Waals surface area (Å²) in [5, 5.41) is 8.49. The molecule has 1 aromatic carbocycles. The quantitative estimate of drug-likeness (QED) is 0.833. The Morgan fingerprint density at radius 2 is 2.15 bits per heavy atom. The molecule has 0 bridgehead atoms. The summed E-state index contributed by atoms with van der Waals surface area (Å²) in [6.07, 6.45) is 4.46. The standard InChI is InChI=1S/C15H20N4O/c1-20-12-15-8-5-9-18(15)10-13-11-19(17-16-13)14-6-3-2-4-7-14/h2-4,6-7,11,15H,5,8-10,12H2,1H3/t15-/m0/s1. The summed E-state index contributed by atoms with van der Waals surface area (Å²) >= 11 is 0. The molecule has 5 heteroatoms. The summed E-state index contributed by atoms with van der Waals surface area (Å²) in [4.78, 5) is 2.43. The zero-order valence-corrected chi connectivity index (χ0v) is 11.8. The highest BCUT2D eigenvalue weighted by molar-refractivity contribution is 5.29. The molecule has 1 aliphatic rings. The molecule has 2 heterocycles. The zero-order valence-electron chi connectivity index (χ0n) is 11.8. The SMILES string of the molecule is COC[C@@H]1CCCN1Cc1cn(-c2ccccc2)nn1. The van der Waals surface area contributed by atoms with Gasteiger partial charge in [0.1, 0.15) is 0 Å². The Bertz CT molecular complexity index is 540. The highest BCUT2D eigenvalue weighted by atomic mass is 16.5. The van der Waals surface area contributed by atoms with Gasteiger partial charge >= 0.3 is 0 Å². The number of methoxy groups -OCH3 is 1. The number of para-hydroxylation sites is 1. The van der Waals surface area contributed by atoms with Crippen LogP contribution in [0.4, 0.5) is 0 Å². The van der Waals surface area contributed by atoms with Crippen LogP contribution in [-0.2, 0) is 11.3 Å². The molecule has 1 atom stereocenters. The van der Waals surface area contributed by atoms with Crippen LogP contribution in [0.2, 0.25) is 0 Å². The average Bonchev–Trinajstić information content (AvgIpc) is 3.11. The molecule has 1 saturated heterocycles. The minimum absolute atomic E-state index is 0.516. The molecular weight excluding hydrogens is 252 g/mol. The number of hydrogen-bond donors (Lipinski definition) is 0. The molecule has 2 aromatic rings. The van der Waals surface area contributed by atoms with Crippen molar-refractivity contribution >= 4 is 0 Å². The Morgan fingerprint density at radius 3 is 2.95 bits per heavy atom. The van der Waals surface area contributed by atoms with E-state index in [1.807, 2.05) is 41.2 Å². The van der Waals surface area contributed by atoms with Crippen LogP contribution in [0, 0.1) is 0 Å². The second-order valence-electron chi connectivity index (χ2n) is 5.21. The Hall–Kier alpha value is -1.72. The van der Waals surface area contributed by atoms with E-state index in [9.17, 15) is 0 Å². The van der Waals surface area contributed by atoms with Crippen molar-refractivity contribution in [2.45, 2.75) is 25.4 Å². The van der Waals surface area contributed by atoms with Crippen molar-refractivity contribution in [3.05, 3.63) is 42.2 Å². The van der Waals surface area contributed by atoms with Crippen molar-refractivity contribution in [2.75, 3.05) is 20.3 Å². The molecule has 20 heavy (non-hydrogen) atoms. The zero-order chi connectivity index (χ0) is 13.8. The van der Waals surface area contributed by atoms with Crippen molar-refractivity contribution in [3.8, 4) is 5.69 Å². The summed E-state index contributed by atoms with van der Waals surface area (Å²) in [5.41, 5.74) is 2.05. The van der Waals surface area contributed by atoms with Gasteiger partial charge in [-0.2, -0.15) is 0 Å². The average molecular weight is 272 g/mol. The highest BCUT2D eigenvalue weighted by Gasteiger charge is 2.25. The molecule has 0 radical (unpaired) electrons. The first-order chi connectivity index (χ1) is 9.86. The minimum Gasteiger partial charge on any atom is -0.383 e. The third-order valence-electron chi connectivity index (χ3n) is 3.78. The van der Waals surface area contributed by atoms with E-state index in [1.54, 1.807) is 7.11 Å². The van der Waals surface area contributed by atoms with Gasteiger partial charge in [0.05, 0.1) is 24.2 Å². The van der Waals surface area contributed by atoms with Gasteiger partial charge in [-0.1, -0.05) is 23.4 Å². The molecule has 0 N–H and O–H groups in total. The van der Waals surface area contributed by atoms with Gasteiger partial charge in [0.25, 0.3) is 0 Å². The number of aromatic nitrogens is 3. The van der Waals surface area contributed by atoms with Crippen molar-refractivity contribution in [1.82, 2.24) is 19.9 Å². The van der Waals surface area contributed by atoms with Crippen LogP contribution < -0.4 is 0 Å². The van der Waals surface area contributed by atoms with Crippen LogP contribution in [-0.4, -0.2) is 46.2 Å². The van der Waals surface area contributed by atoms with Crippen molar-refractivity contribution < 1.29 is 4.74 Å². The number of nitrogens with zero attached hydrogens (tertiary/aromatic N) is 4. The fraction of sp³-hybridized carbons (Fsp3) is 0.467. The number of ether oxygens (including phenoxy) is 1. The summed E-state index contributed by atoms with van der Waals surface area (Å²) < 4.78 is 7.12. The summed E-state index contributed by atoms with van der Waals surface area (Å²) in [7, 11) is 1.77. The van der Waals surface area contributed by atoms with E-state index in [1.165, 1.54) is 12.8 Å². The fourth-order valence-corrected chi connectivity index (χ4v) is 2.77. The highest BCUT2D eigenvalue weighted by Crippen LogP contribution is 2.19. The number of likely N-dealkylation sites (tertiary alicyclic amines) is 1. The van der Waals surface area contributed by atoms with Gasteiger partial charge in [0, 0.05) is 19.7 Å². The van der Waals surface area contributed by atoms with Gasteiger partial charge in [-0.15, -0.1) is 5.10 Å². The lowest BCUT2D eigenvalue weighted by molar-refractivity contribution is 0.111. The normalized spacial score (nSPS) is 19.6. The van der Waals surface area contributed by atoms with Gasteiger partial charge in [0.2, 0.25) is 0 Å². The number of hydrogen-bond acceptors (Lipinski definition) is 4. The monoisotopic (exact) mass is 272 g/mol. The Labute approximate surface area is 119 Å². The third-order valence-corrected chi connectivity index (χ3v) is 3.78. The first-order valence-electron chi connectivity index (χ1n) is 7.06. The molecule has 5 nitrogen and oxygen atoms in total. The van der Waals surface area contributed by atoms with Gasteiger partial charge in [-0.25, -0.2) is 4.68 Å². The van der Waals surface area contributed by atoms with Crippen LogP contribution in [0.5, 0.6) is 0 Å². The van der Waals surface area contributed by atoms with Crippen LogP contribution in [0.15, 0.2) is 36.5 Å². The van der Waals surface area contributed by atoms with Gasteiger partial charge < -0.3 is 4.74 Å². The van der Waals surface area contributed by atoms with Gasteiger partial charge in [-0.05, 0) is 31.5 Å². The molecule has 0 spiro atoms. The van der Waals surface area contributed by atoms with Crippen molar-refractivity contribution in [3.63, 3.8) is 0 Å². The van der Waals surface area contributed by atoms with E-state index in [2.05, 4.69) is 15.2 Å². The van der Waals surface area contributed by atoms with E-state index in [0.717, 1.165) is 31.1 Å². The maximum absolute atomic E-state index is 5.29. The lowest BCUT2D eigenvalue weighted by Crippen LogP contribution is -2.32. The van der Waals surface area contributed by atoms with E-state index in [0.29, 0.717) is 6.04 Å². The lowest BCUT2D eigenvalue weighted by Gasteiger charge is -2.22. The van der Waals surface area contributed by atoms with Crippen LogP contribution in [0.3, 0.4) is 0 Å². The minimum atomic E-state index is 0.516. The Morgan fingerprint density at radius 1 is 1.30 bits per heavy atom. The maximum Gasteiger partial charge on any atom is 0.0971 e. The molecule has 106 valence electrons. The first-order valence-corrected chi connectivity index (χ1v) is 7.06. The van der Waals surface area contributed by atoms with E-state index in [4.69, 9.17) is 4.74 Å². The molecule has 0 aliphatic carbocycles. The Balaban J connectivity index is 1.68. The molecule has 1 aliphatic heterocycles. The molecule has 3 rings (SSSR count). The van der Waals surface area contributed by atoms with Crippen LogP contribution >= 0.6 is 0 Å². The van der Waals surface area contributed by atoms with Crippen LogP contribution in [0.1, 0.15) is 18.5 Å². The number of rotatable bonds is 5. The molecule has 0 unspecified atom stereocenters. The topological polar surface area (TPSA) is 43.2 Å². The van der Waals surface area contributed by atoms with E-state index in [-0.39, 0.29) is 0 Å². The largest absolute Gasteiger partial charge is 0.383 e. The maximum atomic E-state index is 5.29. The summed E-state index contributed by atoms with van der Waals surface area (Å²) in [6.45, 7) is 2.76. The second-order valence-corrected chi connectivity index (χ2v) is 5.21. The van der Waals surface area contributed by atoms with Gasteiger partial charge in [0.15, 0.2) is 0 Å². The van der Waals surface area contributed by atoms with Crippen molar-refractivity contribution in [1.29, 1.82) is 0 Å². The summed E-state index contributed by atoms with van der Waals surface area (Å²) in [6, 6.07) is 10.6. The predicted molar refractivity (Wildman–Crippen MR) is 76.7 cm³/mol. The smallest absolute Gasteiger partial charge is 0.0971 e. The van der Waals surface area contributed by atoms with Crippen LogP contribution in [0.25, 0.3) is 5.69 Å². The third kappa shape index (κ3) is 2.89. The fourth-order valence-electron chi connectivity index (χ4n) is 2.77. The molecule has 1 fully saturated rings. The Kier molecular flexibility index (Phi) is 4.08.